The SMILES string of the molecule is CCCCC(=O)[C@@]1(n2cc(F)c(=O)[nH]c2=O)O[C@H](CO)[C@@H](O)[C@H]1O. The number of unbranched alkanes of at least 4 members (excludes halogenated alkanes) is 1. The number of Topliss-reactive ketones (excluding diaryl/α,β-unsaturated/α-hetero) is 1. The average Bonchev–Trinajstić information content (AvgIpc) is 2.81. The number of ether oxygens (including phenoxy) is 1. The maximum absolute atomic E-state index is 13.6. The van der Waals surface area contributed by atoms with E-state index < -0.39 is 53.5 Å². The van der Waals surface area contributed by atoms with Crippen LogP contribution in [0.15, 0.2) is 15.8 Å². The minimum atomic E-state index is -2.43. The van der Waals surface area contributed by atoms with Gasteiger partial charge < -0.3 is 20.1 Å². The second kappa shape index (κ2) is 6.93. The normalized spacial score (nSPS) is 29.8. The number of aliphatic hydroxyl groups is 3. The van der Waals surface area contributed by atoms with Crippen LogP contribution in [0.5, 0.6) is 0 Å². The summed E-state index contributed by atoms with van der Waals surface area (Å²) in [6.07, 6.45) is -3.61. The molecule has 0 amide bonds. The number of halogens is 1. The second-order valence-electron chi connectivity index (χ2n) is 5.60. The molecule has 1 aromatic heterocycles. The molecule has 0 aliphatic carbocycles. The number of ketones is 1. The van der Waals surface area contributed by atoms with Crippen molar-refractivity contribution in [3.8, 4) is 0 Å². The molecule has 1 aliphatic rings. The van der Waals surface area contributed by atoms with Crippen LogP contribution in [0, 0.1) is 5.82 Å². The number of carbonyl (C=O) groups excluding carboxylic acids is 1. The first-order valence-electron chi connectivity index (χ1n) is 7.49. The molecule has 0 spiro atoms. The molecule has 0 unspecified atom stereocenters. The van der Waals surface area contributed by atoms with E-state index in [1.807, 2.05) is 6.92 Å². The molecule has 1 aliphatic heterocycles. The molecule has 1 fully saturated rings. The fourth-order valence-electron chi connectivity index (χ4n) is 2.73. The molecule has 0 aromatic carbocycles. The quantitative estimate of drug-likeness (QED) is 0.476. The van der Waals surface area contributed by atoms with Gasteiger partial charge in [-0.05, 0) is 6.42 Å². The van der Waals surface area contributed by atoms with Crippen molar-refractivity contribution in [2.45, 2.75) is 50.2 Å². The highest BCUT2D eigenvalue weighted by atomic mass is 19.1. The fraction of sp³-hybridized carbons (Fsp3) is 0.643. The molecular formula is C14H19FN2O7. The number of aliphatic hydroxyl groups excluding tert-OH is 3. The van der Waals surface area contributed by atoms with Crippen LogP contribution in [0.1, 0.15) is 26.2 Å². The lowest BCUT2D eigenvalue weighted by molar-refractivity contribution is -0.176. The van der Waals surface area contributed by atoms with Gasteiger partial charge >= 0.3 is 5.69 Å². The van der Waals surface area contributed by atoms with Crippen LogP contribution in [-0.2, 0) is 15.3 Å². The zero-order valence-electron chi connectivity index (χ0n) is 12.9. The summed E-state index contributed by atoms with van der Waals surface area (Å²) >= 11 is 0. The molecule has 4 atom stereocenters. The molecule has 1 aromatic rings. The number of aromatic nitrogens is 2. The first-order chi connectivity index (χ1) is 11.3. The van der Waals surface area contributed by atoms with E-state index in [9.17, 15) is 34.1 Å². The maximum atomic E-state index is 13.6. The summed E-state index contributed by atoms with van der Waals surface area (Å²) in [5, 5.41) is 29.5. The number of H-pyrrole nitrogens is 1. The Bertz CT molecular complexity index is 731. The van der Waals surface area contributed by atoms with Gasteiger partial charge in [-0.25, -0.2) is 4.79 Å². The van der Waals surface area contributed by atoms with Gasteiger partial charge in [-0.2, -0.15) is 4.39 Å². The van der Waals surface area contributed by atoms with E-state index in [2.05, 4.69) is 0 Å². The summed E-state index contributed by atoms with van der Waals surface area (Å²) in [4.78, 5) is 37.6. The molecule has 1 saturated heterocycles. The first kappa shape index (κ1) is 18.5. The summed E-state index contributed by atoms with van der Waals surface area (Å²) < 4.78 is 19.4. The zero-order chi connectivity index (χ0) is 18.1. The third kappa shape index (κ3) is 2.81. The standard InChI is InChI=1S/C14H19FN2O7/c1-2-3-4-9(19)14(11(21)10(20)8(6-18)24-14)17-5-7(15)12(22)16-13(17)23/h5,8,10-11,18,20-21H,2-4,6H2,1H3,(H,16,22,23)/t8-,10-,11-,14-/m1/s1. The number of nitrogens with zero attached hydrogens (tertiary/aromatic N) is 1. The second-order valence-corrected chi connectivity index (χ2v) is 5.60. The minimum Gasteiger partial charge on any atom is -0.394 e. The van der Waals surface area contributed by atoms with Crippen molar-refractivity contribution in [3.05, 3.63) is 32.9 Å². The third-order valence-electron chi connectivity index (χ3n) is 4.03. The molecule has 2 heterocycles. The Balaban J connectivity index is 2.65. The van der Waals surface area contributed by atoms with Crippen molar-refractivity contribution in [1.29, 1.82) is 0 Å². The lowest BCUT2D eigenvalue weighted by Gasteiger charge is -2.32. The van der Waals surface area contributed by atoms with Crippen LogP contribution < -0.4 is 11.2 Å². The summed E-state index contributed by atoms with van der Waals surface area (Å²) in [6, 6.07) is 0. The van der Waals surface area contributed by atoms with Crippen molar-refractivity contribution in [3.63, 3.8) is 0 Å². The maximum Gasteiger partial charge on any atom is 0.331 e. The van der Waals surface area contributed by atoms with Crippen molar-refractivity contribution >= 4 is 5.78 Å². The Morgan fingerprint density at radius 3 is 2.67 bits per heavy atom. The molecule has 4 N–H and O–H groups in total. The van der Waals surface area contributed by atoms with E-state index >= 15 is 0 Å². The number of carbonyl (C=O) groups is 1. The van der Waals surface area contributed by atoms with E-state index in [0.717, 1.165) is 0 Å². The molecule has 0 radical (unpaired) electrons. The lowest BCUT2D eigenvalue weighted by atomic mass is 9.95. The molecule has 0 saturated carbocycles. The number of hydrogen-bond acceptors (Lipinski definition) is 7. The van der Waals surface area contributed by atoms with Gasteiger partial charge in [0, 0.05) is 6.42 Å². The van der Waals surface area contributed by atoms with E-state index in [-0.39, 0.29) is 6.42 Å². The monoisotopic (exact) mass is 346 g/mol. The van der Waals surface area contributed by atoms with Gasteiger partial charge in [-0.1, -0.05) is 13.3 Å². The van der Waals surface area contributed by atoms with Gasteiger partial charge in [0.15, 0.2) is 5.78 Å². The van der Waals surface area contributed by atoms with Gasteiger partial charge in [-0.3, -0.25) is 19.1 Å². The van der Waals surface area contributed by atoms with Gasteiger partial charge in [-0.15, -0.1) is 0 Å². The Labute approximate surface area is 135 Å². The topological polar surface area (TPSA) is 142 Å². The molecule has 134 valence electrons. The molecule has 2 rings (SSSR count). The van der Waals surface area contributed by atoms with Crippen LogP contribution in [0.25, 0.3) is 0 Å². The predicted octanol–water partition coefficient (Wildman–Crippen LogP) is -1.80. The Morgan fingerprint density at radius 1 is 1.46 bits per heavy atom. The van der Waals surface area contributed by atoms with Gasteiger partial charge in [0.05, 0.1) is 12.8 Å². The number of hydrogen-bond donors (Lipinski definition) is 4. The Hall–Kier alpha value is -1.88. The van der Waals surface area contributed by atoms with Crippen LogP contribution in [0.4, 0.5) is 4.39 Å². The molecule has 0 bridgehead atoms. The summed E-state index contributed by atoms with van der Waals surface area (Å²) in [5.41, 5.74) is -4.90. The smallest absolute Gasteiger partial charge is 0.331 e. The van der Waals surface area contributed by atoms with E-state index in [1.54, 1.807) is 4.98 Å². The van der Waals surface area contributed by atoms with E-state index in [4.69, 9.17) is 4.74 Å². The minimum absolute atomic E-state index is 0.119. The molecule has 9 nitrogen and oxygen atoms in total. The van der Waals surface area contributed by atoms with E-state index in [0.29, 0.717) is 23.6 Å². The number of nitrogens with one attached hydrogen (secondary N) is 1. The van der Waals surface area contributed by atoms with E-state index in [1.165, 1.54) is 0 Å². The van der Waals surface area contributed by atoms with Crippen LogP contribution in [0.3, 0.4) is 0 Å². The van der Waals surface area contributed by atoms with Gasteiger partial charge in [0.1, 0.15) is 18.3 Å². The van der Waals surface area contributed by atoms with Gasteiger partial charge in [0.25, 0.3) is 5.56 Å². The lowest BCUT2D eigenvalue weighted by Crippen LogP contribution is -2.56. The highest BCUT2D eigenvalue weighted by Gasteiger charge is 2.60. The van der Waals surface area contributed by atoms with Crippen LogP contribution in [0.2, 0.25) is 0 Å². The van der Waals surface area contributed by atoms with Crippen molar-refractivity contribution < 1.29 is 29.2 Å². The van der Waals surface area contributed by atoms with Gasteiger partial charge in [0.2, 0.25) is 11.5 Å². The fourth-order valence-corrected chi connectivity index (χ4v) is 2.73. The summed E-state index contributed by atoms with van der Waals surface area (Å²) in [7, 11) is 0. The van der Waals surface area contributed by atoms with Crippen molar-refractivity contribution in [2.75, 3.05) is 6.61 Å². The third-order valence-corrected chi connectivity index (χ3v) is 4.03. The zero-order valence-corrected chi connectivity index (χ0v) is 12.9. The first-order valence-corrected chi connectivity index (χ1v) is 7.49. The highest BCUT2D eigenvalue weighted by molar-refractivity contribution is 5.86. The Kier molecular flexibility index (Phi) is 5.33. The van der Waals surface area contributed by atoms with Crippen molar-refractivity contribution in [2.24, 2.45) is 0 Å². The number of aromatic amines is 1. The predicted molar refractivity (Wildman–Crippen MR) is 77.8 cm³/mol. The summed E-state index contributed by atoms with van der Waals surface area (Å²) in [6.45, 7) is 1.07. The molecule has 24 heavy (non-hydrogen) atoms. The largest absolute Gasteiger partial charge is 0.394 e. The van der Waals surface area contributed by atoms with Crippen LogP contribution >= 0.6 is 0 Å². The van der Waals surface area contributed by atoms with Crippen LogP contribution in [-0.4, -0.2) is 55.6 Å². The molecule has 10 heteroatoms. The average molecular weight is 346 g/mol. The highest BCUT2D eigenvalue weighted by Crippen LogP contribution is 2.36. The summed E-state index contributed by atoms with van der Waals surface area (Å²) in [5.74, 6) is -2.14. The Morgan fingerprint density at radius 2 is 2.12 bits per heavy atom. The molecular weight excluding hydrogens is 327 g/mol. The van der Waals surface area contributed by atoms with Crippen molar-refractivity contribution in [1.82, 2.24) is 9.55 Å². The number of rotatable bonds is 6.